The maximum Gasteiger partial charge on any atom is 0.264 e. The molecule has 1 amide bonds. The van der Waals surface area contributed by atoms with Crippen LogP contribution in [0.2, 0.25) is 0 Å². The first kappa shape index (κ1) is 18.0. The molecule has 136 valence electrons. The Labute approximate surface area is 154 Å². The SMILES string of the molecule is COc1ccccc1C1=NOC(C(=O)NC(C)c2ccc(C)cc2C)C1. The number of nitrogens with zero attached hydrogens (tertiary/aromatic N) is 1. The third-order valence-corrected chi connectivity index (χ3v) is 4.63. The maximum absolute atomic E-state index is 12.6. The molecule has 1 aliphatic rings. The molecule has 1 aliphatic heterocycles. The van der Waals surface area contributed by atoms with E-state index in [4.69, 9.17) is 9.57 Å². The Hall–Kier alpha value is -2.82. The number of benzene rings is 2. The van der Waals surface area contributed by atoms with Crippen LogP contribution in [0.4, 0.5) is 0 Å². The topological polar surface area (TPSA) is 59.9 Å². The number of rotatable bonds is 5. The van der Waals surface area contributed by atoms with Gasteiger partial charge >= 0.3 is 0 Å². The van der Waals surface area contributed by atoms with Gasteiger partial charge < -0.3 is 14.9 Å². The van der Waals surface area contributed by atoms with Crippen LogP contribution in [0.5, 0.6) is 5.75 Å². The van der Waals surface area contributed by atoms with Crippen molar-refractivity contribution >= 4 is 11.6 Å². The van der Waals surface area contributed by atoms with Crippen LogP contribution in [0.3, 0.4) is 0 Å². The molecule has 2 atom stereocenters. The van der Waals surface area contributed by atoms with E-state index in [2.05, 4.69) is 42.5 Å². The Balaban J connectivity index is 1.65. The van der Waals surface area contributed by atoms with Gasteiger partial charge in [-0.05, 0) is 44.0 Å². The monoisotopic (exact) mass is 352 g/mol. The predicted octanol–water partition coefficient (Wildman–Crippen LogP) is 3.68. The minimum Gasteiger partial charge on any atom is -0.496 e. The van der Waals surface area contributed by atoms with Gasteiger partial charge in [-0.2, -0.15) is 0 Å². The first-order chi connectivity index (χ1) is 12.5. The number of para-hydroxylation sites is 1. The fourth-order valence-corrected chi connectivity index (χ4v) is 3.26. The van der Waals surface area contributed by atoms with Crippen molar-refractivity contribution in [3.63, 3.8) is 0 Å². The summed E-state index contributed by atoms with van der Waals surface area (Å²) in [6, 6.07) is 13.7. The number of nitrogens with one attached hydrogen (secondary N) is 1. The average Bonchev–Trinajstić information content (AvgIpc) is 3.11. The van der Waals surface area contributed by atoms with Gasteiger partial charge in [0.15, 0.2) is 0 Å². The van der Waals surface area contributed by atoms with E-state index < -0.39 is 6.10 Å². The zero-order valence-corrected chi connectivity index (χ0v) is 15.6. The second kappa shape index (κ2) is 7.60. The van der Waals surface area contributed by atoms with Gasteiger partial charge in [0.05, 0.1) is 18.9 Å². The standard InChI is InChI=1S/C21H24N2O3/c1-13-9-10-16(14(2)11-13)15(3)22-21(24)20-12-18(23-26-20)17-7-5-6-8-19(17)25-4/h5-11,15,20H,12H2,1-4H3,(H,22,24). The van der Waals surface area contributed by atoms with Crippen LogP contribution in [0.25, 0.3) is 0 Å². The molecule has 5 heteroatoms. The Morgan fingerprint density at radius 1 is 1.27 bits per heavy atom. The molecular weight excluding hydrogens is 328 g/mol. The molecule has 0 bridgehead atoms. The van der Waals surface area contributed by atoms with Gasteiger partial charge in [-0.3, -0.25) is 4.79 Å². The van der Waals surface area contributed by atoms with Gasteiger partial charge in [0.2, 0.25) is 6.10 Å². The molecule has 0 spiro atoms. The van der Waals surface area contributed by atoms with Crippen LogP contribution in [-0.4, -0.2) is 24.8 Å². The number of ether oxygens (including phenoxy) is 1. The first-order valence-corrected chi connectivity index (χ1v) is 8.73. The van der Waals surface area contributed by atoms with Crippen molar-refractivity contribution < 1.29 is 14.4 Å². The summed E-state index contributed by atoms with van der Waals surface area (Å²) >= 11 is 0. The zero-order valence-electron chi connectivity index (χ0n) is 15.6. The van der Waals surface area contributed by atoms with E-state index in [1.807, 2.05) is 31.2 Å². The van der Waals surface area contributed by atoms with E-state index in [9.17, 15) is 4.79 Å². The van der Waals surface area contributed by atoms with E-state index in [-0.39, 0.29) is 11.9 Å². The highest BCUT2D eigenvalue weighted by Gasteiger charge is 2.31. The van der Waals surface area contributed by atoms with Crippen LogP contribution in [-0.2, 0) is 9.63 Å². The number of oxime groups is 1. The fraction of sp³-hybridized carbons (Fsp3) is 0.333. The molecule has 3 rings (SSSR count). The number of hydrogen-bond donors (Lipinski definition) is 1. The molecule has 5 nitrogen and oxygen atoms in total. The normalized spacial score (nSPS) is 17.2. The molecule has 1 N–H and O–H groups in total. The largest absolute Gasteiger partial charge is 0.496 e. The average molecular weight is 352 g/mol. The second-order valence-corrected chi connectivity index (χ2v) is 6.63. The minimum atomic E-state index is -0.622. The molecule has 1 heterocycles. The lowest BCUT2D eigenvalue weighted by atomic mass is 9.99. The summed E-state index contributed by atoms with van der Waals surface area (Å²) in [5, 5.41) is 7.13. The number of carbonyl (C=O) groups is 1. The Morgan fingerprint density at radius 2 is 2.04 bits per heavy atom. The van der Waals surface area contributed by atoms with Gasteiger partial charge in [-0.25, -0.2) is 0 Å². The highest BCUT2D eigenvalue weighted by atomic mass is 16.6. The molecular formula is C21H24N2O3. The van der Waals surface area contributed by atoms with E-state index in [0.29, 0.717) is 6.42 Å². The van der Waals surface area contributed by atoms with Crippen LogP contribution >= 0.6 is 0 Å². The lowest BCUT2D eigenvalue weighted by molar-refractivity contribution is -0.131. The first-order valence-electron chi connectivity index (χ1n) is 8.73. The van der Waals surface area contributed by atoms with Crippen molar-refractivity contribution in [3.8, 4) is 5.75 Å². The van der Waals surface area contributed by atoms with Gasteiger partial charge in [0, 0.05) is 12.0 Å². The summed E-state index contributed by atoms with van der Waals surface area (Å²) < 4.78 is 5.36. The second-order valence-electron chi connectivity index (χ2n) is 6.63. The van der Waals surface area contributed by atoms with E-state index in [0.717, 1.165) is 28.2 Å². The molecule has 2 aromatic carbocycles. The van der Waals surface area contributed by atoms with Crippen LogP contribution in [0, 0.1) is 13.8 Å². The minimum absolute atomic E-state index is 0.0954. The van der Waals surface area contributed by atoms with E-state index in [1.165, 1.54) is 5.56 Å². The fourth-order valence-electron chi connectivity index (χ4n) is 3.26. The summed E-state index contributed by atoms with van der Waals surface area (Å²) in [4.78, 5) is 18.0. The highest BCUT2D eigenvalue weighted by Crippen LogP contribution is 2.25. The van der Waals surface area contributed by atoms with E-state index in [1.54, 1.807) is 7.11 Å². The third kappa shape index (κ3) is 3.72. The van der Waals surface area contributed by atoms with Gasteiger partial charge in [0.1, 0.15) is 5.75 Å². The van der Waals surface area contributed by atoms with Crippen LogP contribution in [0.1, 0.15) is 41.6 Å². The van der Waals surface area contributed by atoms with Crippen molar-refractivity contribution in [2.24, 2.45) is 5.16 Å². The maximum atomic E-state index is 12.6. The Morgan fingerprint density at radius 3 is 2.77 bits per heavy atom. The molecule has 26 heavy (non-hydrogen) atoms. The van der Waals surface area contributed by atoms with Crippen LogP contribution in [0.15, 0.2) is 47.6 Å². The van der Waals surface area contributed by atoms with E-state index >= 15 is 0 Å². The number of methoxy groups -OCH3 is 1. The lowest BCUT2D eigenvalue weighted by Crippen LogP contribution is -2.36. The molecule has 0 saturated carbocycles. The molecule has 0 aliphatic carbocycles. The quantitative estimate of drug-likeness (QED) is 0.893. The summed E-state index contributed by atoms with van der Waals surface area (Å²) in [6.07, 6.45) is -0.200. The van der Waals surface area contributed by atoms with Crippen molar-refractivity contribution in [2.75, 3.05) is 7.11 Å². The summed E-state index contributed by atoms with van der Waals surface area (Å²) in [5.41, 5.74) is 5.05. The summed E-state index contributed by atoms with van der Waals surface area (Å²) in [7, 11) is 1.62. The van der Waals surface area contributed by atoms with Gasteiger partial charge in [-0.1, -0.05) is 41.1 Å². The van der Waals surface area contributed by atoms with Crippen molar-refractivity contribution in [3.05, 3.63) is 64.7 Å². The molecule has 2 aromatic rings. The molecule has 0 radical (unpaired) electrons. The third-order valence-electron chi connectivity index (χ3n) is 4.63. The summed E-state index contributed by atoms with van der Waals surface area (Å²) in [5.74, 6) is 0.561. The highest BCUT2D eigenvalue weighted by molar-refractivity contribution is 6.05. The molecule has 0 aromatic heterocycles. The van der Waals surface area contributed by atoms with Crippen molar-refractivity contribution in [1.29, 1.82) is 0 Å². The Bertz CT molecular complexity index is 845. The Kier molecular flexibility index (Phi) is 5.26. The van der Waals surface area contributed by atoms with Gasteiger partial charge in [0.25, 0.3) is 5.91 Å². The summed E-state index contributed by atoms with van der Waals surface area (Å²) in [6.45, 7) is 6.09. The number of carbonyl (C=O) groups excluding carboxylic acids is 1. The molecule has 0 saturated heterocycles. The predicted molar refractivity (Wildman–Crippen MR) is 101 cm³/mol. The van der Waals surface area contributed by atoms with Crippen molar-refractivity contribution in [2.45, 2.75) is 39.3 Å². The number of hydrogen-bond acceptors (Lipinski definition) is 4. The zero-order chi connectivity index (χ0) is 18.7. The molecule has 0 fully saturated rings. The van der Waals surface area contributed by atoms with Crippen LogP contribution < -0.4 is 10.1 Å². The van der Waals surface area contributed by atoms with Gasteiger partial charge in [-0.15, -0.1) is 0 Å². The smallest absolute Gasteiger partial charge is 0.264 e. The lowest BCUT2D eigenvalue weighted by Gasteiger charge is -2.18. The van der Waals surface area contributed by atoms with Crippen molar-refractivity contribution in [1.82, 2.24) is 5.32 Å². The number of aryl methyl sites for hydroxylation is 2. The molecule has 2 unspecified atom stereocenters. The number of amides is 1.